The van der Waals surface area contributed by atoms with Crippen LogP contribution in [0.2, 0.25) is 0 Å². The van der Waals surface area contributed by atoms with Crippen LogP contribution in [-0.4, -0.2) is 25.8 Å². The molecule has 0 unspecified atom stereocenters. The molecule has 0 bridgehead atoms. The Kier molecular flexibility index (Phi) is 2.88. The summed E-state index contributed by atoms with van der Waals surface area (Å²) in [6.07, 6.45) is 6.87. The van der Waals surface area contributed by atoms with E-state index in [4.69, 9.17) is 0 Å². The van der Waals surface area contributed by atoms with Crippen LogP contribution in [0.1, 0.15) is 18.4 Å². The van der Waals surface area contributed by atoms with Gasteiger partial charge in [0.05, 0.1) is 4.90 Å². The normalized spacial score (nSPS) is 28.2. The molecule has 1 saturated heterocycles. The highest BCUT2D eigenvalue weighted by molar-refractivity contribution is 7.89. The predicted octanol–water partition coefficient (Wildman–Crippen LogP) is 2.89. The average molecular weight is 301 g/mol. The molecule has 1 aliphatic heterocycles. The maximum atomic E-state index is 12.8. The number of rotatable bonds is 2. The molecule has 3 aliphatic rings. The van der Waals surface area contributed by atoms with E-state index in [9.17, 15) is 8.42 Å². The third kappa shape index (κ3) is 2.00. The largest absolute Gasteiger partial charge is 0.243 e. The number of aryl methyl sites for hydroxylation is 1. The Balaban J connectivity index is 1.66. The zero-order chi connectivity index (χ0) is 14.6. The summed E-state index contributed by atoms with van der Waals surface area (Å²) in [6, 6.07) is 7.15. The first kappa shape index (κ1) is 13.3. The van der Waals surface area contributed by atoms with Crippen molar-refractivity contribution < 1.29 is 8.42 Å². The van der Waals surface area contributed by atoms with E-state index in [0.29, 0.717) is 29.8 Å². The lowest BCUT2D eigenvalue weighted by atomic mass is 9.71. The Labute approximate surface area is 126 Å². The standard InChI is InChI=1S/C17H19NO2S/c1-12-2-7-15(8-3-12)21(19,20)18-10-14-5-4-13-6-9-16(13)17(14)11-18/h2-5,7-8,13-14H,6,9-11H2,1H3/t13-,14+/m1/s1. The molecule has 1 saturated carbocycles. The van der Waals surface area contributed by atoms with Crippen LogP contribution in [0, 0.1) is 18.8 Å². The zero-order valence-electron chi connectivity index (χ0n) is 12.1. The van der Waals surface area contributed by atoms with Gasteiger partial charge in [-0.2, -0.15) is 4.31 Å². The van der Waals surface area contributed by atoms with Crippen LogP contribution in [0.25, 0.3) is 0 Å². The number of fused-ring (bicyclic) bond motifs is 2. The molecular formula is C17H19NO2S. The molecule has 0 N–H and O–H groups in total. The number of allylic oxidation sites excluding steroid dienone is 2. The van der Waals surface area contributed by atoms with E-state index in [1.807, 2.05) is 19.1 Å². The lowest BCUT2D eigenvalue weighted by molar-refractivity contribution is 0.471. The number of nitrogens with zero attached hydrogens (tertiary/aromatic N) is 1. The molecule has 110 valence electrons. The van der Waals surface area contributed by atoms with E-state index in [1.54, 1.807) is 16.4 Å². The Hall–Kier alpha value is -1.39. The average Bonchev–Trinajstić information content (AvgIpc) is 2.83. The van der Waals surface area contributed by atoms with Gasteiger partial charge in [0.15, 0.2) is 0 Å². The van der Waals surface area contributed by atoms with E-state index in [0.717, 1.165) is 12.0 Å². The molecule has 1 aromatic carbocycles. The van der Waals surface area contributed by atoms with Crippen LogP contribution in [-0.2, 0) is 10.0 Å². The third-order valence-electron chi connectivity index (χ3n) is 5.01. The summed E-state index contributed by atoms with van der Waals surface area (Å²) in [6.45, 7) is 3.14. The highest BCUT2D eigenvalue weighted by atomic mass is 32.2. The van der Waals surface area contributed by atoms with E-state index in [2.05, 4.69) is 12.2 Å². The molecule has 2 atom stereocenters. The summed E-state index contributed by atoms with van der Waals surface area (Å²) in [7, 11) is -3.37. The van der Waals surface area contributed by atoms with Crippen molar-refractivity contribution in [3.63, 3.8) is 0 Å². The Morgan fingerprint density at radius 1 is 1.05 bits per heavy atom. The Morgan fingerprint density at radius 3 is 2.43 bits per heavy atom. The number of benzene rings is 1. The van der Waals surface area contributed by atoms with Crippen molar-refractivity contribution in [2.75, 3.05) is 13.1 Å². The second-order valence-electron chi connectivity index (χ2n) is 6.30. The van der Waals surface area contributed by atoms with Crippen LogP contribution in [0.4, 0.5) is 0 Å². The van der Waals surface area contributed by atoms with Crippen molar-refractivity contribution >= 4 is 10.0 Å². The van der Waals surface area contributed by atoms with Crippen LogP contribution < -0.4 is 0 Å². The fourth-order valence-corrected chi connectivity index (χ4v) is 5.04. The SMILES string of the molecule is Cc1ccc(S(=O)(=O)N2CC3=C4CC[C@H]4C=C[C@H]3C2)cc1. The molecule has 3 nitrogen and oxygen atoms in total. The Bertz CT molecular complexity index is 743. The van der Waals surface area contributed by atoms with Gasteiger partial charge in [-0.05, 0) is 43.4 Å². The maximum Gasteiger partial charge on any atom is 0.243 e. The minimum atomic E-state index is -3.37. The van der Waals surface area contributed by atoms with Crippen molar-refractivity contribution in [1.82, 2.24) is 4.31 Å². The molecular weight excluding hydrogens is 282 g/mol. The summed E-state index contributed by atoms with van der Waals surface area (Å²) >= 11 is 0. The van der Waals surface area contributed by atoms with Crippen molar-refractivity contribution in [1.29, 1.82) is 0 Å². The summed E-state index contributed by atoms with van der Waals surface area (Å²) in [4.78, 5) is 0.409. The van der Waals surface area contributed by atoms with Gasteiger partial charge < -0.3 is 0 Å². The van der Waals surface area contributed by atoms with Crippen LogP contribution in [0.3, 0.4) is 0 Å². The topological polar surface area (TPSA) is 37.4 Å². The molecule has 4 rings (SSSR count). The van der Waals surface area contributed by atoms with Gasteiger partial charge in [0, 0.05) is 19.0 Å². The lowest BCUT2D eigenvalue weighted by Crippen LogP contribution is -2.28. The fourth-order valence-electron chi connectivity index (χ4n) is 3.60. The molecule has 2 aliphatic carbocycles. The second kappa shape index (κ2) is 4.55. The lowest BCUT2D eigenvalue weighted by Gasteiger charge is -2.34. The smallest absolute Gasteiger partial charge is 0.207 e. The van der Waals surface area contributed by atoms with Gasteiger partial charge in [-0.3, -0.25) is 0 Å². The zero-order valence-corrected chi connectivity index (χ0v) is 12.9. The summed E-state index contributed by atoms with van der Waals surface area (Å²) < 4.78 is 27.2. The van der Waals surface area contributed by atoms with Gasteiger partial charge in [0.1, 0.15) is 0 Å². The van der Waals surface area contributed by atoms with Crippen LogP contribution in [0.5, 0.6) is 0 Å². The van der Waals surface area contributed by atoms with Crippen LogP contribution in [0.15, 0.2) is 52.5 Å². The summed E-state index contributed by atoms with van der Waals surface area (Å²) in [5, 5.41) is 0. The van der Waals surface area contributed by atoms with Gasteiger partial charge in [-0.1, -0.05) is 35.4 Å². The first-order chi connectivity index (χ1) is 10.1. The fraction of sp³-hybridized carbons (Fsp3) is 0.412. The van der Waals surface area contributed by atoms with Crippen molar-refractivity contribution in [2.45, 2.75) is 24.7 Å². The molecule has 2 fully saturated rings. The molecule has 4 heteroatoms. The summed E-state index contributed by atoms with van der Waals surface area (Å²) in [5.41, 5.74) is 3.95. The van der Waals surface area contributed by atoms with Crippen molar-refractivity contribution in [3.8, 4) is 0 Å². The number of hydrogen-bond donors (Lipinski definition) is 0. The minimum Gasteiger partial charge on any atom is -0.207 e. The summed E-state index contributed by atoms with van der Waals surface area (Å²) in [5.74, 6) is 0.898. The minimum absolute atomic E-state index is 0.303. The molecule has 21 heavy (non-hydrogen) atoms. The van der Waals surface area contributed by atoms with Gasteiger partial charge in [0.25, 0.3) is 0 Å². The van der Waals surface area contributed by atoms with Gasteiger partial charge in [0.2, 0.25) is 10.0 Å². The van der Waals surface area contributed by atoms with Gasteiger partial charge in [-0.15, -0.1) is 0 Å². The quantitative estimate of drug-likeness (QED) is 0.788. The molecule has 1 aromatic rings. The predicted molar refractivity (Wildman–Crippen MR) is 82.3 cm³/mol. The highest BCUT2D eigenvalue weighted by Crippen LogP contribution is 2.45. The monoisotopic (exact) mass is 301 g/mol. The molecule has 1 heterocycles. The van der Waals surface area contributed by atoms with E-state index < -0.39 is 10.0 Å². The van der Waals surface area contributed by atoms with Crippen molar-refractivity contribution in [2.24, 2.45) is 11.8 Å². The van der Waals surface area contributed by atoms with Gasteiger partial charge >= 0.3 is 0 Å². The second-order valence-corrected chi connectivity index (χ2v) is 8.24. The third-order valence-corrected chi connectivity index (χ3v) is 6.84. The number of sulfonamides is 1. The van der Waals surface area contributed by atoms with E-state index >= 15 is 0 Å². The van der Waals surface area contributed by atoms with Gasteiger partial charge in [-0.25, -0.2) is 8.42 Å². The van der Waals surface area contributed by atoms with E-state index in [1.165, 1.54) is 17.6 Å². The first-order valence-electron chi connectivity index (χ1n) is 7.52. The first-order valence-corrected chi connectivity index (χ1v) is 8.96. The molecule has 0 spiro atoms. The number of hydrogen-bond acceptors (Lipinski definition) is 2. The molecule has 0 radical (unpaired) electrons. The van der Waals surface area contributed by atoms with Crippen molar-refractivity contribution in [3.05, 3.63) is 53.1 Å². The Morgan fingerprint density at radius 2 is 1.76 bits per heavy atom. The molecule has 0 amide bonds. The maximum absolute atomic E-state index is 12.8. The van der Waals surface area contributed by atoms with Crippen LogP contribution >= 0.6 is 0 Å². The molecule has 0 aromatic heterocycles. The highest BCUT2D eigenvalue weighted by Gasteiger charge is 2.40. The van der Waals surface area contributed by atoms with E-state index in [-0.39, 0.29) is 0 Å².